The minimum atomic E-state index is -0.621. The second-order valence-corrected chi connectivity index (χ2v) is 3.29. The number of terminal acetylenes is 2. The summed E-state index contributed by atoms with van der Waals surface area (Å²) in [5.41, 5.74) is 0. The highest BCUT2D eigenvalue weighted by atomic mass is 32.2. The maximum Gasteiger partial charge on any atom is 0.344 e. The van der Waals surface area contributed by atoms with Gasteiger partial charge in [0.1, 0.15) is 0 Å². The van der Waals surface area contributed by atoms with Gasteiger partial charge in [0.05, 0.1) is 13.1 Å². The van der Waals surface area contributed by atoms with Crippen LogP contribution < -0.4 is 16.0 Å². The minimum Gasteiger partial charge on any atom is -0.327 e. The quantitative estimate of drug-likeness (QED) is 0.367. The number of amidine groups is 1. The van der Waals surface area contributed by atoms with E-state index in [2.05, 4.69) is 32.8 Å². The molecule has 0 saturated carbocycles. The second-order valence-electron chi connectivity index (χ2n) is 2.50. The molecule has 0 aliphatic heterocycles. The predicted octanol–water partition coefficient (Wildman–Crippen LogP) is -0.0194. The molecule has 0 fully saturated rings. The van der Waals surface area contributed by atoms with E-state index in [1.54, 1.807) is 6.26 Å². The molecule has 7 heteroatoms. The van der Waals surface area contributed by atoms with Crippen molar-refractivity contribution in [3.8, 4) is 24.7 Å². The number of carbonyl (C=O) groups is 2. The van der Waals surface area contributed by atoms with Gasteiger partial charge in [-0.1, -0.05) is 23.6 Å². The molecule has 0 aromatic heterocycles. The Morgan fingerprint density at radius 1 is 1.24 bits per heavy atom. The van der Waals surface area contributed by atoms with E-state index in [4.69, 9.17) is 12.8 Å². The maximum absolute atomic E-state index is 11.2. The number of amides is 4. The number of carbonyl (C=O) groups excluding carboxylic acids is 2. The number of hydrogen-bond donors (Lipinski definition) is 3. The van der Waals surface area contributed by atoms with Gasteiger partial charge in [-0.15, -0.1) is 12.8 Å². The number of hydrogen-bond acceptors (Lipinski definition) is 3. The molecule has 17 heavy (non-hydrogen) atoms. The van der Waals surface area contributed by atoms with Crippen LogP contribution in [-0.4, -0.2) is 36.6 Å². The lowest BCUT2D eigenvalue weighted by atomic mass is 10.6. The third-order valence-electron chi connectivity index (χ3n) is 1.31. The molecule has 0 saturated heterocycles. The van der Waals surface area contributed by atoms with Crippen molar-refractivity contribution in [2.75, 3.05) is 19.3 Å². The average Bonchev–Trinajstić information content (AvgIpc) is 2.32. The molecule has 0 heterocycles. The highest BCUT2D eigenvalue weighted by Crippen LogP contribution is 1.95. The Kier molecular flexibility index (Phi) is 7.99. The third kappa shape index (κ3) is 7.77. The van der Waals surface area contributed by atoms with E-state index in [1.165, 1.54) is 0 Å². The molecular formula is C10H12N4O2S. The van der Waals surface area contributed by atoms with Gasteiger partial charge in [-0.2, -0.15) is 4.99 Å². The van der Waals surface area contributed by atoms with Crippen LogP contribution in [0.3, 0.4) is 0 Å². The molecular weight excluding hydrogens is 240 g/mol. The lowest BCUT2D eigenvalue weighted by molar-refractivity contribution is 0.246. The minimum absolute atomic E-state index is 0.0767. The fraction of sp³-hybridized carbons (Fsp3) is 0.300. The van der Waals surface area contributed by atoms with Crippen molar-refractivity contribution in [2.24, 2.45) is 4.99 Å². The van der Waals surface area contributed by atoms with Gasteiger partial charge in [-0.3, -0.25) is 5.32 Å². The summed E-state index contributed by atoms with van der Waals surface area (Å²) in [5, 5.41) is 7.21. The standard InChI is InChI=1S/C10H12N4O2S/c1-4-6-11-8(15)13-10(17-3)14-9(16)12-7-5-2/h1-2H,6-7H2,3H3,(H3,11,12,13,14,15,16). The second kappa shape index (κ2) is 9.13. The van der Waals surface area contributed by atoms with Crippen LogP contribution in [-0.2, 0) is 0 Å². The lowest BCUT2D eigenvalue weighted by Crippen LogP contribution is -2.39. The number of nitrogens with zero attached hydrogens (tertiary/aromatic N) is 1. The van der Waals surface area contributed by atoms with Crippen LogP contribution >= 0.6 is 11.8 Å². The molecule has 0 spiro atoms. The summed E-state index contributed by atoms with van der Waals surface area (Å²) in [6, 6.07) is -1.15. The zero-order valence-corrected chi connectivity index (χ0v) is 10.1. The van der Waals surface area contributed by atoms with E-state index in [0.717, 1.165) is 11.8 Å². The number of thioether (sulfide) groups is 1. The summed E-state index contributed by atoms with van der Waals surface area (Å²) >= 11 is 1.11. The molecule has 0 unspecified atom stereocenters. The van der Waals surface area contributed by atoms with Gasteiger partial charge in [-0.05, 0) is 6.26 Å². The Hall–Kier alpha value is -2.12. The van der Waals surface area contributed by atoms with E-state index >= 15 is 0 Å². The summed E-state index contributed by atoms with van der Waals surface area (Å²) < 4.78 is 0. The topological polar surface area (TPSA) is 82.6 Å². The van der Waals surface area contributed by atoms with Gasteiger partial charge in [-0.25, -0.2) is 9.59 Å². The molecule has 4 amide bonds. The molecule has 0 aromatic carbocycles. The van der Waals surface area contributed by atoms with Crippen LogP contribution in [0.15, 0.2) is 4.99 Å². The number of aliphatic imine (C=N–C) groups is 1. The van der Waals surface area contributed by atoms with Gasteiger partial charge in [0, 0.05) is 0 Å². The number of rotatable bonds is 2. The van der Waals surface area contributed by atoms with Crippen molar-refractivity contribution < 1.29 is 9.59 Å². The highest BCUT2D eigenvalue weighted by Gasteiger charge is 2.05. The SMILES string of the molecule is C#CCNC(=O)N=C(NC(=O)NCC#C)SC. The zero-order chi connectivity index (χ0) is 13.1. The Balaban J connectivity index is 4.28. The summed E-state index contributed by atoms with van der Waals surface area (Å²) in [6.07, 6.45) is 11.6. The van der Waals surface area contributed by atoms with Crippen LogP contribution in [0.1, 0.15) is 0 Å². The smallest absolute Gasteiger partial charge is 0.327 e. The highest BCUT2D eigenvalue weighted by molar-refractivity contribution is 8.13. The van der Waals surface area contributed by atoms with Crippen molar-refractivity contribution in [2.45, 2.75) is 0 Å². The van der Waals surface area contributed by atoms with Crippen molar-refractivity contribution in [3.63, 3.8) is 0 Å². The van der Waals surface area contributed by atoms with E-state index in [0.29, 0.717) is 0 Å². The molecule has 0 atom stereocenters. The first-order valence-corrected chi connectivity index (χ1v) is 5.68. The zero-order valence-electron chi connectivity index (χ0n) is 9.24. The van der Waals surface area contributed by atoms with Gasteiger partial charge in [0.25, 0.3) is 0 Å². The molecule has 0 radical (unpaired) electrons. The fourth-order valence-electron chi connectivity index (χ4n) is 0.656. The Morgan fingerprint density at radius 2 is 1.82 bits per heavy atom. The molecule has 0 aromatic rings. The van der Waals surface area contributed by atoms with Gasteiger partial charge in [0.15, 0.2) is 5.17 Å². The normalized spacial score (nSPS) is 9.71. The van der Waals surface area contributed by atoms with E-state index in [9.17, 15) is 9.59 Å². The van der Waals surface area contributed by atoms with Crippen molar-refractivity contribution >= 4 is 29.0 Å². The summed E-state index contributed by atoms with van der Waals surface area (Å²) in [5.74, 6) is 4.47. The first-order chi connectivity index (χ1) is 8.13. The predicted molar refractivity (Wildman–Crippen MR) is 68.5 cm³/mol. The van der Waals surface area contributed by atoms with Gasteiger partial charge < -0.3 is 10.6 Å². The Morgan fingerprint density at radius 3 is 2.35 bits per heavy atom. The number of nitrogens with one attached hydrogen (secondary N) is 3. The van der Waals surface area contributed by atoms with E-state index in [1.807, 2.05) is 0 Å². The van der Waals surface area contributed by atoms with Crippen molar-refractivity contribution in [1.82, 2.24) is 16.0 Å². The Labute approximate surface area is 104 Å². The van der Waals surface area contributed by atoms with Crippen LogP contribution in [0, 0.1) is 24.7 Å². The van der Waals surface area contributed by atoms with E-state index in [-0.39, 0.29) is 18.3 Å². The van der Waals surface area contributed by atoms with Crippen molar-refractivity contribution in [1.29, 1.82) is 0 Å². The first-order valence-electron chi connectivity index (χ1n) is 4.46. The Bertz CT molecular complexity index is 392. The van der Waals surface area contributed by atoms with Crippen LogP contribution in [0.4, 0.5) is 9.59 Å². The molecule has 3 N–H and O–H groups in total. The van der Waals surface area contributed by atoms with Gasteiger partial charge >= 0.3 is 12.1 Å². The summed E-state index contributed by atoms with van der Waals surface area (Å²) in [7, 11) is 0. The molecule has 0 bridgehead atoms. The number of urea groups is 2. The van der Waals surface area contributed by atoms with Crippen LogP contribution in [0.5, 0.6) is 0 Å². The molecule has 0 aliphatic rings. The molecule has 0 rings (SSSR count). The molecule has 90 valence electrons. The summed E-state index contributed by atoms with van der Waals surface area (Å²) in [4.78, 5) is 25.9. The van der Waals surface area contributed by atoms with Crippen LogP contribution in [0.2, 0.25) is 0 Å². The molecule has 0 aliphatic carbocycles. The largest absolute Gasteiger partial charge is 0.344 e. The first kappa shape index (κ1) is 14.9. The van der Waals surface area contributed by atoms with E-state index < -0.39 is 12.1 Å². The van der Waals surface area contributed by atoms with Gasteiger partial charge in [0.2, 0.25) is 0 Å². The maximum atomic E-state index is 11.2. The summed E-state index contributed by atoms with van der Waals surface area (Å²) in [6.45, 7) is 0.171. The molecule has 6 nitrogen and oxygen atoms in total. The lowest BCUT2D eigenvalue weighted by Gasteiger charge is -2.05. The monoisotopic (exact) mass is 252 g/mol. The van der Waals surface area contributed by atoms with Crippen molar-refractivity contribution in [3.05, 3.63) is 0 Å². The average molecular weight is 252 g/mol. The third-order valence-corrected chi connectivity index (χ3v) is 1.89. The fourth-order valence-corrected chi connectivity index (χ4v) is 1.02. The van der Waals surface area contributed by atoms with Crippen LogP contribution in [0.25, 0.3) is 0 Å².